The molecule has 3 heteroatoms. The van der Waals surface area contributed by atoms with E-state index >= 15 is 0 Å². The molecule has 1 aliphatic rings. The van der Waals surface area contributed by atoms with Gasteiger partial charge in [0.1, 0.15) is 0 Å². The van der Waals surface area contributed by atoms with Gasteiger partial charge in [-0.15, -0.1) is 0 Å². The van der Waals surface area contributed by atoms with Crippen LogP contribution in [0.3, 0.4) is 0 Å². The zero-order valence-electron chi connectivity index (χ0n) is 8.63. The van der Waals surface area contributed by atoms with Gasteiger partial charge in [-0.1, -0.05) is 0 Å². The molecule has 1 saturated heterocycles. The lowest BCUT2D eigenvalue weighted by Gasteiger charge is -2.14. The van der Waals surface area contributed by atoms with Crippen LogP contribution in [0, 0.1) is 0 Å². The molecule has 1 aliphatic heterocycles. The summed E-state index contributed by atoms with van der Waals surface area (Å²) in [6, 6.07) is 0. The van der Waals surface area contributed by atoms with Gasteiger partial charge in [0.2, 0.25) is 0 Å². The van der Waals surface area contributed by atoms with Crippen molar-refractivity contribution in [2.45, 2.75) is 32.3 Å². The first-order valence-corrected chi connectivity index (χ1v) is 5.40. The first-order chi connectivity index (χ1) is 6.29. The van der Waals surface area contributed by atoms with Crippen molar-refractivity contribution in [3.8, 4) is 0 Å². The lowest BCUT2D eigenvalue weighted by molar-refractivity contribution is 0.183. The van der Waals surface area contributed by atoms with Crippen LogP contribution in [-0.4, -0.2) is 48.8 Å². The molecule has 0 aliphatic carbocycles. The van der Waals surface area contributed by atoms with Gasteiger partial charge in [0.05, 0.1) is 6.10 Å². The van der Waals surface area contributed by atoms with Crippen molar-refractivity contribution < 1.29 is 5.11 Å². The Balaban J connectivity index is 1.83. The second-order valence-corrected chi connectivity index (χ2v) is 3.94. The fraction of sp³-hybridized carbons (Fsp3) is 1.00. The maximum Gasteiger partial charge on any atom is 0.0524 e. The highest BCUT2D eigenvalue weighted by Crippen LogP contribution is 2.05. The maximum atomic E-state index is 9.01. The largest absolute Gasteiger partial charge is 0.393 e. The van der Waals surface area contributed by atoms with Crippen LogP contribution in [0.5, 0.6) is 0 Å². The summed E-state index contributed by atoms with van der Waals surface area (Å²) in [6.45, 7) is 7.55. The van der Waals surface area contributed by atoms with E-state index in [1.165, 1.54) is 32.5 Å². The van der Waals surface area contributed by atoms with Crippen molar-refractivity contribution in [1.29, 1.82) is 0 Å². The Labute approximate surface area is 81.1 Å². The maximum absolute atomic E-state index is 9.01. The molecule has 0 radical (unpaired) electrons. The average molecular weight is 186 g/mol. The van der Waals surface area contributed by atoms with Crippen LogP contribution >= 0.6 is 0 Å². The van der Waals surface area contributed by atoms with Crippen LogP contribution in [0.15, 0.2) is 0 Å². The molecule has 2 N–H and O–H groups in total. The van der Waals surface area contributed by atoms with Crippen molar-refractivity contribution >= 4 is 0 Å². The molecule has 0 aromatic heterocycles. The summed E-state index contributed by atoms with van der Waals surface area (Å²) >= 11 is 0. The minimum atomic E-state index is -0.167. The minimum absolute atomic E-state index is 0.167. The predicted molar refractivity (Wildman–Crippen MR) is 54.8 cm³/mol. The summed E-state index contributed by atoms with van der Waals surface area (Å²) < 4.78 is 0. The number of aliphatic hydroxyl groups excluding tert-OH is 1. The third kappa shape index (κ3) is 5.24. The Morgan fingerprint density at radius 2 is 2.00 bits per heavy atom. The molecular formula is C10H22N2O. The lowest BCUT2D eigenvalue weighted by Crippen LogP contribution is -2.31. The van der Waals surface area contributed by atoms with Crippen molar-refractivity contribution in [3.05, 3.63) is 0 Å². The number of aliphatic hydroxyl groups is 1. The van der Waals surface area contributed by atoms with E-state index in [1.54, 1.807) is 0 Å². The fourth-order valence-corrected chi connectivity index (χ4v) is 1.68. The van der Waals surface area contributed by atoms with E-state index < -0.39 is 0 Å². The SMILES string of the molecule is CC(O)CCNCCN1CCCC1. The molecule has 78 valence electrons. The average Bonchev–Trinajstić information content (AvgIpc) is 2.55. The van der Waals surface area contributed by atoms with Gasteiger partial charge in [-0.3, -0.25) is 0 Å². The molecule has 1 heterocycles. The fourth-order valence-electron chi connectivity index (χ4n) is 1.68. The first-order valence-electron chi connectivity index (χ1n) is 5.40. The van der Waals surface area contributed by atoms with E-state index in [4.69, 9.17) is 5.11 Å². The zero-order valence-corrected chi connectivity index (χ0v) is 8.63. The molecule has 13 heavy (non-hydrogen) atoms. The quantitative estimate of drug-likeness (QED) is 0.591. The molecule has 3 nitrogen and oxygen atoms in total. The second-order valence-electron chi connectivity index (χ2n) is 3.94. The van der Waals surface area contributed by atoms with Crippen LogP contribution < -0.4 is 5.32 Å². The summed E-state index contributed by atoms with van der Waals surface area (Å²) in [6.07, 6.45) is 3.43. The van der Waals surface area contributed by atoms with Crippen LogP contribution in [0.1, 0.15) is 26.2 Å². The van der Waals surface area contributed by atoms with E-state index in [2.05, 4.69) is 10.2 Å². The molecule has 0 saturated carbocycles. The smallest absolute Gasteiger partial charge is 0.0524 e. The standard InChI is InChI=1S/C10H22N2O/c1-10(13)4-5-11-6-9-12-7-2-3-8-12/h10-11,13H,2-9H2,1H3. The number of nitrogens with zero attached hydrogens (tertiary/aromatic N) is 1. The molecule has 1 rings (SSSR count). The minimum Gasteiger partial charge on any atom is -0.393 e. The highest BCUT2D eigenvalue weighted by molar-refractivity contribution is 4.66. The van der Waals surface area contributed by atoms with Crippen molar-refractivity contribution in [3.63, 3.8) is 0 Å². The van der Waals surface area contributed by atoms with E-state index in [1.807, 2.05) is 6.92 Å². The monoisotopic (exact) mass is 186 g/mol. The highest BCUT2D eigenvalue weighted by atomic mass is 16.3. The molecule has 1 unspecified atom stereocenters. The number of likely N-dealkylation sites (tertiary alicyclic amines) is 1. The summed E-state index contributed by atoms with van der Waals surface area (Å²) in [7, 11) is 0. The molecule has 0 aromatic rings. The summed E-state index contributed by atoms with van der Waals surface area (Å²) in [5.74, 6) is 0. The van der Waals surface area contributed by atoms with Gasteiger partial charge in [-0.2, -0.15) is 0 Å². The Morgan fingerprint density at radius 1 is 1.31 bits per heavy atom. The third-order valence-corrected chi connectivity index (χ3v) is 2.54. The number of hydrogen-bond donors (Lipinski definition) is 2. The van der Waals surface area contributed by atoms with Crippen LogP contribution in [0.25, 0.3) is 0 Å². The topological polar surface area (TPSA) is 35.5 Å². The molecule has 0 spiro atoms. The number of hydrogen-bond acceptors (Lipinski definition) is 3. The van der Waals surface area contributed by atoms with Gasteiger partial charge < -0.3 is 15.3 Å². The van der Waals surface area contributed by atoms with E-state index in [0.717, 1.165) is 19.5 Å². The Hall–Kier alpha value is -0.120. The van der Waals surface area contributed by atoms with E-state index in [-0.39, 0.29) is 6.10 Å². The van der Waals surface area contributed by atoms with Crippen LogP contribution in [-0.2, 0) is 0 Å². The number of nitrogens with one attached hydrogen (secondary N) is 1. The summed E-state index contributed by atoms with van der Waals surface area (Å²) in [5, 5.41) is 12.4. The normalized spacial score (nSPS) is 20.8. The van der Waals surface area contributed by atoms with Crippen molar-refractivity contribution in [2.24, 2.45) is 0 Å². The Kier molecular flexibility index (Phi) is 5.35. The Morgan fingerprint density at radius 3 is 2.62 bits per heavy atom. The molecule has 0 amide bonds. The van der Waals surface area contributed by atoms with Gasteiger partial charge in [-0.05, 0) is 45.8 Å². The van der Waals surface area contributed by atoms with Gasteiger partial charge in [0.15, 0.2) is 0 Å². The first kappa shape index (κ1) is 11.0. The second kappa shape index (κ2) is 6.35. The predicted octanol–water partition coefficient (Wildman–Crippen LogP) is 0.443. The highest BCUT2D eigenvalue weighted by Gasteiger charge is 2.09. The summed E-state index contributed by atoms with van der Waals surface area (Å²) in [5.41, 5.74) is 0. The van der Waals surface area contributed by atoms with E-state index in [9.17, 15) is 0 Å². The van der Waals surface area contributed by atoms with Crippen LogP contribution in [0.2, 0.25) is 0 Å². The Bertz CT molecular complexity index is 122. The van der Waals surface area contributed by atoms with Gasteiger partial charge in [0, 0.05) is 13.1 Å². The van der Waals surface area contributed by atoms with Gasteiger partial charge in [0.25, 0.3) is 0 Å². The van der Waals surface area contributed by atoms with E-state index in [0.29, 0.717) is 0 Å². The molecule has 0 bridgehead atoms. The molecule has 1 fully saturated rings. The van der Waals surface area contributed by atoms with Gasteiger partial charge in [-0.25, -0.2) is 0 Å². The molecular weight excluding hydrogens is 164 g/mol. The van der Waals surface area contributed by atoms with Crippen molar-refractivity contribution in [2.75, 3.05) is 32.7 Å². The summed E-state index contributed by atoms with van der Waals surface area (Å²) in [4.78, 5) is 2.50. The van der Waals surface area contributed by atoms with Crippen molar-refractivity contribution in [1.82, 2.24) is 10.2 Å². The van der Waals surface area contributed by atoms with Crippen LogP contribution in [0.4, 0.5) is 0 Å². The zero-order chi connectivity index (χ0) is 9.52. The lowest BCUT2D eigenvalue weighted by atomic mass is 10.3. The molecule has 1 atom stereocenters. The number of rotatable bonds is 6. The molecule has 0 aromatic carbocycles. The van der Waals surface area contributed by atoms with Gasteiger partial charge >= 0.3 is 0 Å². The third-order valence-electron chi connectivity index (χ3n) is 2.54.